The zero-order valence-corrected chi connectivity index (χ0v) is 12.9. The second-order valence-electron chi connectivity index (χ2n) is 5.51. The van der Waals surface area contributed by atoms with E-state index in [1.807, 2.05) is 29.2 Å². The van der Waals surface area contributed by atoms with Gasteiger partial charge in [0.05, 0.1) is 10.6 Å². The van der Waals surface area contributed by atoms with E-state index in [2.05, 4.69) is 12.1 Å². The summed E-state index contributed by atoms with van der Waals surface area (Å²) in [5.74, 6) is 0.0998. The van der Waals surface area contributed by atoms with Crippen LogP contribution in [0.4, 0.5) is 5.00 Å². The third-order valence-electron chi connectivity index (χ3n) is 3.91. The van der Waals surface area contributed by atoms with E-state index in [0.29, 0.717) is 10.6 Å². The monoisotopic (exact) mass is 300 g/mol. The summed E-state index contributed by atoms with van der Waals surface area (Å²) in [6, 6.07) is 12.3. The van der Waals surface area contributed by atoms with Gasteiger partial charge in [-0.1, -0.05) is 30.3 Å². The van der Waals surface area contributed by atoms with Crippen LogP contribution < -0.4 is 5.73 Å². The lowest BCUT2D eigenvalue weighted by molar-refractivity contribution is 0.0726. The predicted molar refractivity (Wildman–Crippen MR) is 87.7 cm³/mol. The van der Waals surface area contributed by atoms with Gasteiger partial charge in [0.15, 0.2) is 0 Å². The number of nitrogens with two attached hydrogens (primary N) is 1. The van der Waals surface area contributed by atoms with Gasteiger partial charge in [-0.05, 0) is 30.9 Å². The molecular formula is C17H20N2OS. The molecule has 0 spiro atoms. The van der Waals surface area contributed by atoms with Crippen molar-refractivity contribution in [2.45, 2.75) is 25.7 Å². The van der Waals surface area contributed by atoms with Crippen LogP contribution in [0.25, 0.3) is 0 Å². The molecule has 0 radical (unpaired) electrons. The molecule has 3 rings (SSSR count). The molecule has 0 aliphatic carbocycles. The molecule has 1 aromatic heterocycles. The van der Waals surface area contributed by atoms with Gasteiger partial charge in [0.25, 0.3) is 5.91 Å². The molecule has 2 N–H and O–H groups in total. The van der Waals surface area contributed by atoms with E-state index < -0.39 is 0 Å². The maximum atomic E-state index is 12.5. The fourth-order valence-electron chi connectivity index (χ4n) is 2.78. The van der Waals surface area contributed by atoms with Gasteiger partial charge in [-0.15, -0.1) is 11.3 Å². The summed E-state index contributed by atoms with van der Waals surface area (Å²) in [4.78, 5) is 15.6. The van der Waals surface area contributed by atoms with Crippen molar-refractivity contribution >= 4 is 22.2 Å². The van der Waals surface area contributed by atoms with E-state index in [1.165, 1.54) is 23.3 Å². The third kappa shape index (κ3) is 3.27. The summed E-state index contributed by atoms with van der Waals surface area (Å²) in [6.45, 7) is 1.73. The van der Waals surface area contributed by atoms with Crippen molar-refractivity contribution in [3.8, 4) is 0 Å². The number of carbonyl (C=O) groups is 1. The first-order valence-electron chi connectivity index (χ1n) is 7.45. The molecule has 0 bridgehead atoms. The highest BCUT2D eigenvalue weighted by Gasteiger charge is 2.22. The molecule has 0 atom stereocenters. The Morgan fingerprint density at radius 3 is 2.57 bits per heavy atom. The molecule has 1 aliphatic heterocycles. The van der Waals surface area contributed by atoms with Crippen LogP contribution in [0.5, 0.6) is 0 Å². The van der Waals surface area contributed by atoms with Gasteiger partial charge < -0.3 is 10.6 Å². The van der Waals surface area contributed by atoms with E-state index in [4.69, 9.17) is 5.73 Å². The van der Waals surface area contributed by atoms with Crippen LogP contribution in [0, 0.1) is 0 Å². The van der Waals surface area contributed by atoms with Crippen molar-refractivity contribution in [1.29, 1.82) is 0 Å². The Labute approximate surface area is 129 Å². The van der Waals surface area contributed by atoms with Crippen LogP contribution in [-0.4, -0.2) is 23.9 Å². The number of amides is 1. The summed E-state index contributed by atoms with van der Waals surface area (Å²) in [6.07, 6.45) is 4.27. The molecule has 3 nitrogen and oxygen atoms in total. The normalized spacial score (nSPS) is 15.1. The summed E-state index contributed by atoms with van der Waals surface area (Å²) < 4.78 is 0. The summed E-state index contributed by atoms with van der Waals surface area (Å²) in [5, 5.41) is 0.650. The first-order valence-corrected chi connectivity index (χ1v) is 8.27. The SMILES string of the molecule is Nc1sc(Cc2ccccc2)cc1C(=O)N1CCCCC1. The number of carbonyl (C=O) groups excluding carboxylic acids is 1. The van der Waals surface area contributed by atoms with Gasteiger partial charge in [-0.3, -0.25) is 4.79 Å². The Bertz CT molecular complexity index is 615. The van der Waals surface area contributed by atoms with Gasteiger partial charge in [0.1, 0.15) is 0 Å². The minimum atomic E-state index is 0.0998. The summed E-state index contributed by atoms with van der Waals surface area (Å²) >= 11 is 1.53. The molecule has 1 fully saturated rings. The lowest BCUT2D eigenvalue weighted by Crippen LogP contribution is -2.35. The fourth-order valence-corrected chi connectivity index (χ4v) is 3.73. The topological polar surface area (TPSA) is 46.3 Å². The molecule has 110 valence electrons. The number of benzene rings is 1. The Balaban J connectivity index is 1.76. The van der Waals surface area contributed by atoms with E-state index in [0.717, 1.165) is 37.2 Å². The van der Waals surface area contributed by atoms with Crippen molar-refractivity contribution in [2.24, 2.45) is 0 Å². The van der Waals surface area contributed by atoms with Gasteiger partial charge in [0.2, 0.25) is 0 Å². The second-order valence-corrected chi connectivity index (χ2v) is 6.67. The van der Waals surface area contributed by atoms with Crippen molar-refractivity contribution in [1.82, 2.24) is 4.90 Å². The third-order valence-corrected chi connectivity index (χ3v) is 4.87. The van der Waals surface area contributed by atoms with Crippen molar-refractivity contribution in [2.75, 3.05) is 18.8 Å². The van der Waals surface area contributed by atoms with E-state index in [1.54, 1.807) is 0 Å². The number of hydrogen-bond acceptors (Lipinski definition) is 3. The molecule has 2 aromatic rings. The van der Waals surface area contributed by atoms with Gasteiger partial charge in [-0.2, -0.15) is 0 Å². The van der Waals surface area contributed by atoms with Crippen molar-refractivity contribution in [3.63, 3.8) is 0 Å². The van der Waals surface area contributed by atoms with E-state index >= 15 is 0 Å². The predicted octanol–water partition coefficient (Wildman–Crippen LogP) is 3.55. The minimum absolute atomic E-state index is 0.0998. The lowest BCUT2D eigenvalue weighted by atomic mass is 10.1. The van der Waals surface area contributed by atoms with Crippen molar-refractivity contribution < 1.29 is 4.79 Å². The van der Waals surface area contributed by atoms with E-state index in [-0.39, 0.29) is 5.91 Å². The van der Waals surface area contributed by atoms with Gasteiger partial charge >= 0.3 is 0 Å². The van der Waals surface area contributed by atoms with Crippen LogP contribution in [0.2, 0.25) is 0 Å². The summed E-state index contributed by atoms with van der Waals surface area (Å²) in [7, 11) is 0. The first-order chi connectivity index (χ1) is 10.2. The number of likely N-dealkylation sites (tertiary alicyclic amines) is 1. The Morgan fingerprint density at radius 2 is 1.86 bits per heavy atom. The molecule has 0 saturated carbocycles. The van der Waals surface area contributed by atoms with Crippen molar-refractivity contribution in [3.05, 3.63) is 52.4 Å². The molecule has 2 heterocycles. The Morgan fingerprint density at radius 1 is 1.14 bits per heavy atom. The molecular weight excluding hydrogens is 280 g/mol. The average molecular weight is 300 g/mol. The molecule has 1 aromatic carbocycles. The van der Waals surface area contributed by atoms with E-state index in [9.17, 15) is 4.79 Å². The highest BCUT2D eigenvalue weighted by atomic mass is 32.1. The number of anilines is 1. The smallest absolute Gasteiger partial charge is 0.256 e. The van der Waals surface area contributed by atoms with Gasteiger partial charge in [0, 0.05) is 24.4 Å². The highest BCUT2D eigenvalue weighted by Crippen LogP contribution is 2.28. The number of nitrogen functional groups attached to an aromatic ring is 1. The quantitative estimate of drug-likeness (QED) is 0.942. The molecule has 1 aliphatic rings. The zero-order chi connectivity index (χ0) is 14.7. The lowest BCUT2D eigenvalue weighted by Gasteiger charge is -2.26. The standard InChI is InChI=1S/C17H20N2OS/c18-16-15(17(20)19-9-5-2-6-10-19)12-14(21-16)11-13-7-3-1-4-8-13/h1,3-4,7-8,12H,2,5-6,9-11,18H2. The maximum Gasteiger partial charge on any atom is 0.256 e. The fraction of sp³-hybridized carbons (Fsp3) is 0.353. The largest absolute Gasteiger partial charge is 0.390 e. The first kappa shape index (κ1) is 14.1. The zero-order valence-electron chi connectivity index (χ0n) is 12.0. The average Bonchev–Trinajstić information content (AvgIpc) is 2.89. The molecule has 21 heavy (non-hydrogen) atoms. The summed E-state index contributed by atoms with van der Waals surface area (Å²) in [5.41, 5.74) is 8.01. The maximum absolute atomic E-state index is 12.5. The van der Waals surface area contributed by atoms with Crippen LogP contribution in [-0.2, 0) is 6.42 Å². The number of hydrogen-bond donors (Lipinski definition) is 1. The molecule has 4 heteroatoms. The molecule has 0 unspecified atom stereocenters. The minimum Gasteiger partial charge on any atom is -0.390 e. The van der Waals surface area contributed by atoms with Crippen LogP contribution in [0.15, 0.2) is 36.4 Å². The van der Waals surface area contributed by atoms with Crippen LogP contribution in [0.3, 0.4) is 0 Å². The number of piperidine rings is 1. The Hall–Kier alpha value is -1.81. The van der Waals surface area contributed by atoms with Gasteiger partial charge in [-0.25, -0.2) is 0 Å². The highest BCUT2D eigenvalue weighted by molar-refractivity contribution is 7.16. The van der Waals surface area contributed by atoms with Crippen LogP contribution in [0.1, 0.15) is 40.1 Å². The second kappa shape index (κ2) is 6.31. The molecule has 1 saturated heterocycles. The number of rotatable bonds is 3. The van der Waals surface area contributed by atoms with Crippen LogP contribution >= 0.6 is 11.3 Å². The molecule has 1 amide bonds. The number of thiophene rings is 1. The Kier molecular flexibility index (Phi) is 4.25. The number of nitrogens with zero attached hydrogens (tertiary/aromatic N) is 1.